The highest BCUT2D eigenvalue weighted by Gasteiger charge is 2.16. The number of nitrogens with one attached hydrogen (secondary N) is 1. The first kappa shape index (κ1) is 17.7. The van der Waals surface area contributed by atoms with E-state index in [1.54, 1.807) is 6.20 Å². The van der Waals surface area contributed by atoms with E-state index >= 15 is 0 Å². The summed E-state index contributed by atoms with van der Waals surface area (Å²) in [5.41, 5.74) is 2.79. The first-order valence-electron chi connectivity index (χ1n) is 9.34. The van der Waals surface area contributed by atoms with Crippen LogP contribution < -0.4 is 14.8 Å². The average molecular weight is 406 g/mol. The van der Waals surface area contributed by atoms with Crippen LogP contribution in [-0.4, -0.2) is 33.9 Å². The van der Waals surface area contributed by atoms with Crippen molar-refractivity contribution in [3.63, 3.8) is 0 Å². The largest absolute Gasteiger partial charge is 0.486 e. The number of para-hydroxylation sites is 1. The molecule has 0 atom stereocenters. The SMILES string of the molecule is O=C(CCc1cnn(-c2ccccc2)c1)Nc1nc2cc3c(cc2s1)OCCO3. The lowest BCUT2D eigenvalue weighted by Crippen LogP contribution is -2.15. The Balaban J connectivity index is 1.22. The van der Waals surface area contributed by atoms with Crippen molar-refractivity contribution in [2.45, 2.75) is 12.8 Å². The van der Waals surface area contributed by atoms with Gasteiger partial charge in [0.1, 0.15) is 13.2 Å². The number of thiazole rings is 1. The fraction of sp³-hybridized carbons (Fsp3) is 0.190. The molecule has 0 spiro atoms. The number of amides is 1. The van der Waals surface area contributed by atoms with Crippen LogP contribution in [0.1, 0.15) is 12.0 Å². The second-order valence-electron chi connectivity index (χ2n) is 6.66. The van der Waals surface area contributed by atoms with E-state index in [9.17, 15) is 4.79 Å². The van der Waals surface area contributed by atoms with Gasteiger partial charge in [0, 0.05) is 24.8 Å². The van der Waals surface area contributed by atoms with Gasteiger partial charge >= 0.3 is 0 Å². The number of hydrogen-bond acceptors (Lipinski definition) is 6. The number of fused-ring (bicyclic) bond motifs is 2. The molecule has 1 N–H and O–H groups in total. The number of carbonyl (C=O) groups is 1. The number of rotatable bonds is 5. The first-order valence-corrected chi connectivity index (χ1v) is 10.2. The molecule has 0 saturated heterocycles. The maximum Gasteiger partial charge on any atom is 0.226 e. The molecule has 0 bridgehead atoms. The minimum absolute atomic E-state index is 0.0752. The molecule has 146 valence electrons. The molecule has 8 heteroatoms. The Morgan fingerprint density at radius 3 is 2.76 bits per heavy atom. The quantitative estimate of drug-likeness (QED) is 0.545. The summed E-state index contributed by atoms with van der Waals surface area (Å²) in [6, 6.07) is 13.7. The van der Waals surface area contributed by atoms with Crippen molar-refractivity contribution in [2.75, 3.05) is 18.5 Å². The Kier molecular flexibility index (Phi) is 4.61. The topological polar surface area (TPSA) is 78.3 Å². The van der Waals surface area contributed by atoms with E-state index in [1.807, 2.05) is 53.3 Å². The molecule has 3 heterocycles. The predicted molar refractivity (Wildman–Crippen MR) is 111 cm³/mol. The summed E-state index contributed by atoms with van der Waals surface area (Å²) in [7, 11) is 0. The molecule has 0 radical (unpaired) electrons. The van der Waals surface area contributed by atoms with Crippen LogP contribution in [0.15, 0.2) is 54.9 Å². The number of anilines is 1. The molecule has 5 rings (SSSR count). The molecule has 2 aromatic heterocycles. The molecule has 1 amide bonds. The number of hydrogen-bond donors (Lipinski definition) is 1. The van der Waals surface area contributed by atoms with Crippen molar-refractivity contribution in [3.05, 3.63) is 60.4 Å². The zero-order chi connectivity index (χ0) is 19.6. The van der Waals surface area contributed by atoms with Crippen molar-refractivity contribution in [1.82, 2.24) is 14.8 Å². The smallest absolute Gasteiger partial charge is 0.226 e. The predicted octanol–water partition coefficient (Wildman–Crippen LogP) is 3.82. The molecule has 0 unspecified atom stereocenters. The molecule has 1 aliphatic rings. The van der Waals surface area contributed by atoms with Gasteiger partial charge in [0.2, 0.25) is 5.91 Å². The molecule has 2 aromatic carbocycles. The lowest BCUT2D eigenvalue weighted by atomic mass is 10.2. The Morgan fingerprint density at radius 2 is 1.93 bits per heavy atom. The van der Waals surface area contributed by atoms with Gasteiger partial charge in [0.15, 0.2) is 16.6 Å². The molecule has 1 aliphatic heterocycles. The Labute approximate surface area is 170 Å². The summed E-state index contributed by atoms with van der Waals surface area (Å²) in [6.07, 6.45) is 4.71. The second-order valence-corrected chi connectivity index (χ2v) is 7.69. The van der Waals surface area contributed by atoms with Gasteiger partial charge in [-0.3, -0.25) is 4.79 Å². The van der Waals surface area contributed by atoms with Crippen LogP contribution in [0.2, 0.25) is 0 Å². The second kappa shape index (κ2) is 7.56. The summed E-state index contributed by atoms with van der Waals surface area (Å²) in [5, 5.41) is 7.83. The third kappa shape index (κ3) is 3.79. The van der Waals surface area contributed by atoms with Gasteiger partial charge < -0.3 is 14.8 Å². The number of benzene rings is 2. The van der Waals surface area contributed by atoms with Gasteiger partial charge in [-0.05, 0) is 24.1 Å². The van der Waals surface area contributed by atoms with Crippen molar-refractivity contribution < 1.29 is 14.3 Å². The van der Waals surface area contributed by atoms with E-state index in [0.717, 1.165) is 27.2 Å². The molecule has 4 aromatic rings. The van der Waals surface area contributed by atoms with E-state index in [-0.39, 0.29) is 5.91 Å². The lowest BCUT2D eigenvalue weighted by Gasteiger charge is -2.17. The van der Waals surface area contributed by atoms with Crippen LogP contribution >= 0.6 is 11.3 Å². The maximum absolute atomic E-state index is 12.4. The Morgan fingerprint density at radius 1 is 1.14 bits per heavy atom. The van der Waals surface area contributed by atoms with Crippen LogP contribution in [0.3, 0.4) is 0 Å². The third-order valence-electron chi connectivity index (χ3n) is 4.60. The summed E-state index contributed by atoms with van der Waals surface area (Å²) in [6.45, 7) is 1.08. The average Bonchev–Trinajstić information content (AvgIpc) is 3.37. The number of nitrogens with zero attached hydrogens (tertiary/aromatic N) is 3. The highest BCUT2D eigenvalue weighted by atomic mass is 32.1. The minimum Gasteiger partial charge on any atom is -0.486 e. The monoisotopic (exact) mass is 406 g/mol. The standard InChI is InChI=1S/C21H18N4O3S/c26-20(7-6-14-12-22-25(13-14)15-4-2-1-3-5-15)24-21-23-16-10-17-18(11-19(16)29-21)28-9-8-27-17/h1-5,10-13H,6-9H2,(H,23,24,26). The molecule has 7 nitrogen and oxygen atoms in total. The normalized spacial score (nSPS) is 12.8. The van der Waals surface area contributed by atoms with Gasteiger partial charge in [0.05, 0.1) is 22.1 Å². The zero-order valence-corrected chi connectivity index (χ0v) is 16.3. The molecular weight excluding hydrogens is 388 g/mol. The van der Waals surface area contributed by atoms with E-state index in [0.29, 0.717) is 36.9 Å². The van der Waals surface area contributed by atoms with Gasteiger partial charge in [-0.1, -0.05) is 29.5 Å². The van der Waals surface area contributed by atoms with Crippen molar-refractivity contribution in [1.29, 1.82) is 0 Å². The van der Waals surface area contributed by atoms with Crippen molar-refractivity contribution >= 4 is 32.6 Å². The van der Waals surface area contributed by atoms with Crippen LogP contribution in [0.25, 0.3) is 15.9 Å². The van der Waals surface area contributed by atoms with E-state index in [2.05, 4.69) is 15.4 Å². The molecule has 0 aliphatic carbocycles. The number of aromatic nitrogens is 3. The summed E-state index contributed by atoms with van der Waals surface area (Å²) < 4.78 is 14.0. The fourth-order valence-corrected chi connectivity index (χ4v) is 4.06. The molecule has 29 heavy (non-hydrogen) atoms. The number of carbonyl (C=O) groups excluding carboxylic acids is 1. The molecular formula is C21H18N4O3S. The van der Waals surface area contributed by atoms with Crippen LogP contribution in [0.4, 0.5) is 5.13 Å². The fourth-order valence-electron chi connectivity index (χ4n) is 3.17. The zero-order valence-electron chi connectivity index (χ0n) is 15.5. The van der Waals surface area contributed by atoms with Crippen LogP contribution in [0, 0.1) is 0 Å². The summed E-state index contributed by atoms with van der Waals surface area (Å²) in [4.78, 5) is 16.9. The Hall–Kier alpha value is -3.39. The number of ether oxygens (including phenoxy) is 2. The van der Waals surface area contributed by atoms with E-state index in [4.69, 9.17) is 9.47 Å². The van der Waals surface area contributed by atoms with Gasteiger partial charge in [0.25, 0.3) is 0 Å². The molecule has 0 saturated carbocycles. The highest BCUT2D eigenvalue weighted by Crippen LogP contribution is 2.37. The number of aryl methyl sites for hydroxylation is 1. The Bertz CT molecular complexity index is 1130. The van der Waals surface area contributed by atoms with E-state index in [1.165, 1.54) is 11.3 Å². The lowest BCUT2D eigenvalue weighted by molar-refractivity contribution is -0.116. The van der Waals surface area contributed by atoms with Gasteiger partial charge in [-0.2, -0.15) is 5.10 Å². The van der Waals surface area contributed by atoms with Gasteiger partial charge in [-0.25, -0.2) is 9.67 Å². The van der Waals surface area contributed by atoms with Crippen molar-refractivity contribution in [3.8, 4) is 17.2 Å². The van der Waals surface area contributed by atoms with Gasteiger partial charge in [-0.15, -0.1) is 0 Å². The van der Waals surface area contributed by atoms with Crippen LogP contribution in [-0.2, 0) is 11.2 Å². The van der Waals surface area contributed by atoms with Crippen LogP contribution in [0.5, 0.6) is 11.5 Å². The summed E-state index contributed by atoms with van der Waals surface area (Å²) >= 11 is 1.43. The summed E-state index contributed by atoms with van der Waals surface area (Å²) in [5.74, 6) is 1.34. The minimum atomic E-state index is -0.0752. The van der Waals surface area contributed by atoms with E-state index < -0.39 is 0 Å². The molecule has 0 fully saturated rings. The van der Waals surface area contributed by atoms with Crippen molar-refractivity contribution in [2.24, 2.45) is 0 Å². The highest BCUT2D eigenvalue weighted by molar-refractivity contribution is 7.22. The third-order valence-corrected chi connectivity index (χ3v) is 5.53. The maximum atomic E-state index is 12.4. The first-order chi connectivity index (χ1) is 14.2.